The second kappa shape index (κ2) is 9.27. The SMILES string of the molecule is Cc1cccc(F)c1NC(=O)c1cc(F)c(-c2cc(C(C)O)n(C)n2)cc1OCC(C)(C)F. The number of aliphatic hydroxyl groups is 1. The van der Waals surface area contributed by atoms with Crippen molar-refractivity contribution in [2.45, 2.75) is 39.5 Å². The molecule has 2 N–H and O–H groups in total. The molecule has 0 saturated heterocycles. The zero-order chi connectivity index (χ0) is 24.5. The second-order valence-electron chi connectivity index (χ2n) is 8.48. The number of rotatable bonds is 7. The minimum absolute atomic E-state index is 0.00258. The fourth-order valence-corrected chi connectivity index (χ4v) is 3.27. The highest BCUT2D eigenvalue weighted by Gasteiger charge is 2.24. The van der Waals surface area contributed by atoms with Crippen LogP contribution in [0.15, 0.2) is 36.4 Å². The highest BCUT2D eigenvalue weighted by atomic mass is 19.1. The molecule has 0 bridgehead atoms. The number of hydrogen-bond acceptors (Lipinski definition) is 4. The zero-order valence-corrected chi connectivity index (χ0v) is 19.0. The Morgan fingerprint density at radius 2 is 1.94 bits per heavy atom. The normalized spacial score (nSPS) is 12.5. The lowest BCUT2D eigenvalue weighted by atomic mass is 10.0. The molecule has 1 heterocycles. The van der Waals surface area contributed by atoms with E-state index in [0.29, 0.717) is 11.3 Å². The number of ether oxygens (including phenoxy) is 1. The van der Waals surface area contributed by atoms with Crippen LogP contribution in [0.3, 0.4) is 0 Å². The van der Waals surface area contributed by atoms with E-state index in [1.807, 2.05) is 0 Å². The first-order valence-corrected chi connectivity index (χ1v) is 10.3. The summed E-state index contributed by atoms with van der Waals surface area (Å²) < 4.78 is 50.4. The Balaban J connectivity index is 2.06. The third kappa shape index (κ3) is 5.54. The van der Waals surface area contributed by atoms with Gasteiger partial charge in [0.2, 0.25) is 0 Å². The van der Waals surface area contributed by atoms with Gasteiger partial charge in [-0.2, -0.15) is 5.10 Å². The van der Waals surface area contributed by atoms with Crippen LogP contribution in [0.2, 0.25) is 0 Å². The summed E-state index contributed by atoms with van der Waals surface area (Å²) in [6.07, 6.45) is -0.837. The van der Waals surface area contributed by atoms with Crippen molar-refractivity contribution in [3.8, 4) is 17.0 Å². The molecule has 0 aliphatic heterocycles. The van der Waals surface area contributed by atoms with E-state index in [1.54, 1.807) is 27.0 Å². The van der Waals surface area contributed by atoms with Crippen molar-refractivity contribution >= 4 is 11.6 Å². The monoisotopic (exact) mass is 461 g/mol. The Hall–Kier alpha value is -3.33. The number of hydrogen-bond donors (Lipinski definition) is 2. The highest BCUT2D eigenvalue weighted by Crippen LogP contribution is 2.33. The quantitative estimate of drug-likeness (QED) is 0.513. The molecule has 1 amide bonds. The Bertz CT molecular complexity index is 1160. The number of nitrogens with one attached hydrogen (secondary N) is 1. The number of anilines is 1. The fraction of sp³-hybridized carbons (Fsp3) is 0.333. The Morgan fingerprint density at radius 1 is 1.24 bits per heavy atom. The minimum Gasteiger partial charge on any atom is -0.489 e. The van der Waals surface area contributed by atoms with E-state index in [4.69, 9.17) is 4.74 Å². The number of halogens is 3. The van der Waals surface area contributed by atoms with E-state index >= 15 is 4.39 Å². The Labute approximate surface area is 190 Å². The average Bonchev–Trinajstić information content (AvgIpc) is 3.10. The molecule has 0 aliphatic rings. The molecule has 9 heteroatoms. The lowest BCUT2D eigenvalue weighted by molar-refractivity contribution is 0.0998. The van der Waals surface area contributed by atoms with Crippen LogP contribution in [-0.2, 0) is 7.05 Å². The molecule has 176 valence electrons. The third-order valence-electron chi connectivity index (χ3n) is 4.97. The molecular weight excluding hydrogens is 435 g/mol. The number of aryl methyl sites for hydroxylation is 2. The van der Waals surface area contributed by atoms with Crippen molar-refractivity contribution in [3.05, 3.63) is 64.9 Å². The zero-order valence-electron chi connectivity index (χ0n) is 19.0. The summed E-state index contributed by atoms with van der Waals surface area (Å²) in [7, 11) is 1.60. The fourth-order valence-electron chi connectivity index (χ4n) is 3.27. The number of alkyl halides is 1. The van der Waals surface area contributed by atoms with E-state index in [9.17, 15) is 18.7 Å². The molecule has 2 aromatic carbocycles. The number of aromatic nitrogens is 2. The summed E-state index contributed by atoms with van der Waals surface area (Å²) >= 11 is 0. The minimum atomic E-state index is -1.73. The predicted molar refractivity (Wildman–Crippen MR) is 119 cm³/mol. The summed E-state index contributed by atoms with van der Waals surface area (Å²) in [5, 5.41) is 16.5. The van der Waals surface area contributed by atoms with E-state index < -0.39 is 35.9 Å². The third-order valence-corrected chi connectivity index (χ3v) is 4.97. The number of carbonyl (C=O) groups excluding carboxylic acids is 1. The van der Waals surface area contributed by atoms with Crippen LogP contribution in [0.1, 0.15) is 48.5 Å². The number of aliphatic hydroxyl groups excluding tert-OH is 1. The van der Waals surface area contributed by atoms with Crippen LogP contribution in [0.4, 0.5) is 18.9 Å². The molecule has 0 spiro atoms. The first kappa shape index (κ1) is 24.3. The van der Waals surface area contributed by atoms with Crippen molar-refractivity contribution in [1.82, 2.24) is 9.78 Å². The smallest absolute Gasteiger partial charge is 0.259 e. The lowest BCUT2D eigenvalue weighted by Crippen LogP contribution is -2.24. The standard InChI is InChI=1S/C24H26F3N3O3/c1-13-7-6-8-17(25)22(13)28-23(32)16-9-18(26)15(10-21(16)33-12-24(3,4)27)19-11-20(14(2)31)30(5)29-19/h6-11,14,31H,12H2,1-5H3,(H,28,32). The van der Waals surface area contributed by atoms with Gasteiger partial charge in [-0.15, -0.1) is 0 Å². The van der Waals surface area contributed by atoms with Crippen molar-refractivity contribution < 1.29 is 27.8 Å². The van der Waals surface area contributed by atoms with E-state index in [2.05, 4.69) is 10.4 Å². The van der Waals surface area contributed by atoms with Gasteiger partial charge >= 0.3 is 0 Å². The Morgan fingerprint density at radius 3 is 2.52 bits per heavy atom. The van der Waals surface area contributed by atoms with Gasteiger partial charge in [-0.25, -0.2) is 13.2 Å². The molecule has 33 heavy (non-hydrogen) atoms. The van der Waals surface area contributed by atoms with Crippen LogP contribution < -0.4 is 10.1 Å². The van der Waals surface area contributed by atoms with Crippen LogP contribution in [-0.4, -0.2) is 33.1 Å². The average molecular weight is 461 g/mol. The van der Waals surface area contributed by atoms with Crippen LogP contribution in [0.25, 0.3) is 11.3 Å². The maximum absolute atomic E-state index is 15.1. The molecule has 1 atom stereocenters. The second-order valence-corrected chi connectivity index (χ2v) is 8.48. The maximum atomic E-state index is 15.1. The van der Waals surface area contributed by atoms with Crippen molar-refractivity contribution in [2.75, 3.05) is 11.9 Å². The summed E-state index contributed by atoms with van der Waals surface area (Å²) in [6.45, 7) is 5.36. The number of amides is 1. The molecule has 0 aliphatic carbocycles. The summed E-state index contributed by atoms with van der Waals surface area (Å²) in [5.74, 6) is -2.33. The summed E-state index contributed by atoms with van der Waals surface area (Å²) in [6, 6.07) is 8.01. The molecule has 1 aromatic heterocycles. The summed E-state index contributed by atoms with van der Waals surface area (Å²) in [5.41, 5.74) is -0.866. The van der Waals surface area contributed by atoms with Crippen molar-refractivity contribution in [1.29, 1.82) is 0 Å². The van der Waals surface area contributed by atoms with Gasteiger partial charge < -0.3 is 15.2 Å². The van der Waals surface area contributed by atoms with Gasteiger partial charge in [0.05, 0.1) is 28.7 Å². The van der Waals surface area contributed by atoms with Gasteiger partial charge in [0.25, 0.3) is 5.91 Å². The van der Waals surface area contributed by atoms with Gasteiger partial charge in [-0.1, -0.05) is 12.1 Å². The summed E-state index contributed by atoms with van der Waals surface area (Å²) in [4.78, 5) is 12.9. The van der Waals surface area contributed by atoms with Gasteiger partial charge in [-0.05, 0) is 57.5 Å². The highest BCUT2D eigenvalue weighted by molar-refractivity contribution is 6.07. The maximum Gasteiger partial charge on any atom is 0.259 e. The first-order valence-electron chi connectivity index (χ1n) is 10.3. The molecular formula is C24H26F3N3O3. The molecule has 0 saturated carbocycles. The molecule has 1 unspecified atom stereocenters. The number of nitrogens with zero attached hydrogens (tertiary/aromatic N) is 2. The van der Waals surface area contributed by atoms with Crippen LogP contribution >= 0.6 is 0 Å². The number of carbonyl (C=O) groups is 1. The van der Waals surface area contributed by atoms with Crippen LogP contribution in [0, 0.1) is 18.6 Å². The number of benzene rings is 2. The van der Waals surface area contributed by atoms with Crippen molar-refractivity contribution in [2.24, 2.45) is 7.05 Å². The topological polar surface area (TPSA) is 76.4 Å². The van der Waals surface area contributed by atoms with Gasteiger partial charge in [0.15, 0.2) is 0 Å². The van der Waals surface area contributed by atoms with Crippen molar-refractivity contribution in [3.63, 3.8) is 0 Å². The lowest BCUT2D eigenvalue weighted by Gasteiger charge is -2.18. The predicted octanol–water partition coefficient (Wildman–Crippen LogP) is 5.11. The largest absolute Gasteiger partial charge is 0.489 e. The molecule has 0 radical (unpaired) electrons. The van der Waals surface area contributed by atoms with Crippen LogP contribution in [0.5, 0.6) is 5.75 Å². The van der Waals surface area contributed by atoms with Gasteiger partial charge in [0, 0.05) is 12.6 Å². The molecule has 3 aromatic rings. The number of para-hydroxylation sites is 1. The van der Waals surface area contributed by atoms with E-state index in [1.165, 1.54) is 42.8 Å². The molecule has 0 fully saturated rings. The van der Waals surface area contributed by atoms with Gasteiger partial charge in [-0.3, -0.25) is 9.48 Å². The first-order chi connectivity index (χ1) is 15.4. The van der Waals surface area contributed by atoms with E-state index in [0.717, 1.165) is 6.07 Å². The molecule has 3 rings (SSSR count). The van der Waals surface area contributed by atoms with Gasteiger partial charge in [0.1, 0.15) is 29.7 Å². The van der Waals surface area contributed by atoms with E-state index in [-0.39, 0.29) is 28.3 Å². The molecule has 6 nitrogen and oxygen atoms in total. The Kier molecular flexibility index (Phi) is 6.83.